The second-order valence-corrected chi connectivity index (χ2v) is 8.86. The molecule has 2 aliphatic rings. The number of aliphatic hydroxyl groups excluding tert-OH is 7. The van der Waals surface area contributed by atoms with Gasteiger partial charge in [-0.3, -0.25) is 4.79 Å². The van der Waals surface area contributed by atoms with E-state index in [1.54, 1.807) is 0 Å². The number of carbonyl (C=O) groups excluding carboxylic acids is 1. The molecule has 0 amide bonds. The van der Waals surface area contributed by atoms with Crippen molar-refractivity contribution in [1.82, 2.24) is 0 Å². The summed E-state index contributed by atoms with van der Waals surface area (Å²) in [5.41, 5.74) is 0. The number of ether oxygens (including phenoxy) is 5. The van der Waals surface area contributed by atoms with Crippen molar-refractivity contribution in [1.29, 1.82) is 0 Å². The zero-order valence-electron chi connectivity index (χ0n) is 19.9. The van der Waals surface area contributed by atoms with E-state index in [4.69, 9.17) is 18.9 Å². The summed E-state index contributed by atoms with van der Waals surface area (Å²) in [6, 6.07) is 0. The molecule has 2 aliphatic heterocycles. The maximum Gasteiger partial charge on any atom is 0.305 e. The van der Waals surface area contributed by atoms with Crippen LogP contribution in [0.5, 0.6) is 0 Å². The molecule has 0 aromatic carbocycles. The number of hydrogen-bond acceptors (Lipinski definition) is 13. The minimum Gasteiger partial charge on any atom is -0.469 e. The number of methoxy groups -OCH3 is 1. The molecule has 0 aromatic rings. The molecular weight excluding hydrogens is 472 g/mol. The van der Waals surface area contributed by atoms with Gasteiger partial charge >= 0.3 is 5.97 Å². The highest BCUT2D eigenvalue weighted by atomic mass is 16.7. The summed E-state index contributed by atoms with van der Waals surface area (Å²) < 4.78 is 26.3. The van der Waals surface area contributed by atoms with Gasteiger partial charge in [-0.1, -0.05) is 25.7 Å². The van der Waals surface area contributed by atoms with E-state index in [-0.39, 0.29) is 12.6 Å². The van der Waals surface area contributed by atoms with Gasteiger partial charge in [0.15, 0.2) is 12.6 Å². The summed E-state index contributed by atoms with van der Waals surface area (Å²) in [7, 11) is 1.37. The predicted octanol–water partition coefficient (Wildman–Crippen LogP) is -2.47. The summed E-state index contributed by atoms with van der Waals surface area (Å²) in [6.07, 6.45) is -8.83. The van der Waals surface area contributed by atoms with Crippen molar-refractivity contribution in [3.63, 3.8) is 0 Å². The second kappa shape index (κ2) is 15.3. The van der Waals surface area contributed by atoms with Crippen LogP contribution in [0.3, 0.4) is 0 Å². The van der Waals surface area contributed by atoms with Gasteiger partial charge in [0.05, 0.1) is 20.3 Å². The zero-order chi connectivity index (χ0) is 26.0. The van der Waals surface area contributed by atoms with Crippen molar-refractivity contribution in [3.8, 4) is 0 Å². The van der Waals surface area contributed by atoms with Crippen molar-refractivity contribution in [2.24, 2.45) is 0 Å². The molecule has 0 aromatic heterocycles. The third-order valence-electron chi connectivity index (χ3n) is 6.23. The van der Waals surface area contributed by atoms with Gasteiger partial charge < -0.3 is 59.4 Å². The van der Waals surface area contributed by atoms with E-state index in [1.165, 1.54) is 7.11 Å². The number of esters is 1. The van der Waals surface area contributed by atoms with Gasteiger partial charge in [-0.05, 0) is 12.8 Å². The van der Waals surface area contributed by atoms with Crippen molar-refractivity contribution >= 4 is 5.97 Å². The van der Waals surface area contributed by atoms with Crippen LogP contribution in [0, 0.1) is 0 Å². The third kappa shape index (κ3) is 8.83. The van der Waals surface area contributed by atoms with Gasteiger partial charge in [-0.15, -0.1) is 0 Å². The Hall–Kier alpha value is -0.970. The van der Waals surface area contributed by atoms with Gasteiger partial charge in [0, 0.05) is 13.0 Å². The van der Waals surface area contributed by atoms with Gasteiger partial charge in [-0.25, -0.2) is 0 Å². The third-order valence-corrected chi connectivity index (χ3v) is 6.23. The number of hydrogen-bond donors (Lipinski definition) is 7. The van der Waals surface area contributed by atoms with Crippen LogP contribution in [0.4, 0.5) is 0 Å². The van der Waals surface area contributed by atoms with Gasteiger partial charge in [0.2, 0.25) is 0 Å². The fourth-order valence-corrected chi connectivity index (χ4v) is 3.97. The quantitative estimate of drug-likeness (QED) is 0.0953. The SMILES string of the molecule is COC(=O)CCCCCCCCO[C@H]1O[C@H](CO[C@H]2O[C@H](CO)[C@@H](O)[C@H](O)[C@@H]2O)[C@@H](O)[C@H](O)[C@@H]1O. The molecule has 206 valence electrons. The molecule has 0 unspecified atom stereocenters. The molecule has 35 heavy (non-hydrogen) atoms. The Labute approximate surface area is 204 Å². The largest absolute Gasteiger partial charge is 0.469 e. The molecule has 0 saturated carbocycles. The summed E-state index contributed by atoms with van der Waals surface area (Å²) in [4.78, 5) is 11.1. The Balaban J connectivity index is 1.72. The molecule has 0 aliphatic carbocycles. The van der Waals surface area contributed by atoms with E-state index < -0.39 is 74.6 Å². The summed E-state index contributed by atoms with van der Waals surface area (Å²) >= 11 is 0. The maximum absolute atomic E-state index is 11.1. The standard InChI is InChI=1S/C22H40O13/c1-31-14(24)8-6-4-2-3-5-7-9-32-21-19(29)18(28)16(26)13(35-21)11-33-22-20(30)17(27)15(25)12(10-23)34-22/h12-13,15-23,25-30H,2-11H2,1H3/t12-,13-,15-,16-,17+,18+,19+,20+,21+,22+/m1/s1. The first kappa shape index (κ1) is 30.3. The Morgan fingerprint density at radius 3 is 1.80 bits per heavy atom. The number of unbranched alkanes of at least 4 members (excludes halogenated alkanes) is 5. The predicted molar refractivity (Wildman–Crippen MR) is 117 cm³/mol. The molecule has 13 nitrogen and oxygen atoms in total. The number of aliphatic hydroxyl groups is 7. The minimum atomic E-state index is -1.63. The van der Waals surface area contributed by atoms with Crippen LogP contribution < -0.4 is 0 Å². The van der Waals surface area contributed by atoms with Crippen LogP contribution in [0.15, 0.2) is 0 Å². The Morgan fingerprint density at radius 2 is 1.20 bits per heavy atom. The van der Waals surface area contributed by atoms with E-state index >= 15 is 0 Å². The lowest BCUT2D eigenvalue weighted by Crippen LogP contribution is -2.61. The van der Waals surface area contributed by atoms with Crippen LogP contribution in [-0.4, -0.2) is 130 Å². The molecule has 13 heteroatoms. The lowest BCUT2D eigenvalue weighted by atomic mass is 9.98. The minimum absolute atomic E-state index is 0.214. The first-order valence-corrected chi connectivity index (χ1v) is 12.0. The van der Waals surface area contributed by atoms with Crippen molar-refractivity contribution in [3.05, 3.63) is 0 Å². The molecule has 10 atom stereocenters. The normalized spacial score (nSPS) is 37.8. The molecule has 2 fully saturated rings. The molecule has 0 spiro atoms. The van der Waals surface area contributed by atoms with Gasteiger partial charge in [-0.2, -0.15) is 0 Å². The second-order valence-electron chi connectivity index (χ2n) is 8.86. The monoisotopic (exact) mass is 512 g/mol. The Kier molecular flexibility index (Phi) is 13.2. The fourth-order valence-electron chi connectivity index (χ4n) is 3.97. The molecule has 2 heterocycles. The van der Waals surface area contributed by atoms with E-state index in [1.807, 2.05) is 0 Å². The van der Waals surface area contributed by atoms with Crippen molar-refractivity contribution in [2.75, 3.05) is 26.9 Å². The molecule has 7 N–H and O–H groups in total. The Morgan fingerprint density at radius 1 is 0.686 bits per heavy atom. The number of rotatable bonds is 14. The van der Waals surface area contributed by atoms with Gasteiger partial charge in [0.25, 0.3) is 0 Å². The topological polar surface area (TPSA) is 205 Å². The maximum atomic E-state index is 11.1. The molecule has 2 rings (SSSR count). The molecule has 2 saturated heterocycles. The number of carbonyl (C=O) groups is 1. The van der Waals surface area contributed by atoms with E-state index in [0.29, 0.717) is 12.8 Å². The van der Waals surface area contributed by atoms with E-state index in [9.17, 15) is 40.5 Å². The van der Waals surface area contributed by atoms with Gasteiger partial charge in [0.1, 0.15) is 48.8 Å². The van der Waals surface area contributed by atoms with Crippen LogP contribution in [0.25, 0.3) is 0 Å². The molecule has 0 radical (unpaired) electrons. The highest BCUT2D eigenvalue weighted by molar-refractivity contribution is 5.68. The zero-order valence-corrected chi connectivity index (χ0v) is 19.9. The average molecular weight is 513 g/mol. The fraction of sp³-hybridized carbons (Fsp3) is 0.955. The van der Waals surface area contributed by atoms with Crippen molar-refractivity contribution in [2.45, 2.75) is 106 Å². The van der Waals surface area contributed by atoms with Crippen molar-refractivity contribution < 1.29 is 64.2 Å². The van der Waals surface area contributed by atoms with Crippen LogP contribution in [-0.2, 0) is 28.5 Å². The first-order valence-electron chi connectivity index (χ1n) is 12.0. The van der Waals surface area contributed by atoms with Crippen LogP contribution >= 0.6 is 0 Å². The lowest BCUT2D eigenvalue weighted by molar-refractivity contribution is -0.331. The van der Waals surface area contributed by atoms with E-state index in [0.717, 1.165) is 32.1 Å². The molecular formula is C22H40O13. The van der Waals surface area contributed by atoms with Crippen LogP contribution in [0.2, 0.25) is 0 Å². The average Bonchev–Trinajstić information content (AvgIpc) is 2.86. The first-order chi connectivity index (χ1) is 16.7. The lowest BCUT2D eigenvalue weighted by Gasteiger charge is -2.42. The highest BCUT2D eigenvalue weighted by Crippen LogP contribution is 2.26. The Bertz CT molecular complexity index is 606. The summed E-state index contributed by atoms with van der Waals surface area (Å²) in [6.45, 7) is -0.784. The highest BCUT2D eigenvalue weighted by Gasteiger charge is 2.47. The summed E-state index contributed by atoms with van der Waals surface area (Å²) in [5, 5.41) is 69.6. The smallest absolute Gasteiger partial charge is 0.305 e. The van der Waals surface area contributed by atoms with Crippen LogP contribution in [0.1, 0.15) is 44.9 Å². The molecule has 0 bridgehead atoms. The van der Waals surface area contributed by atoms with E-state index in [2.05, 4.69) is 4.74 Å². The summed E-state index contributed by atoms with van der Waals surface area (Å²) in [5.74, 6) is -0.214.